The van der Waals surface area contributed by atoms with E-state index in [4.69, 9.17) is 0 Å². The van der Waals surface area contributed by atoms with Crippen LogP contribution in [0.25, 0.3) is 0 Å². The van der Waals surface area contributed by atoms with Gasteiger partial charge in [-0.05, 0) is 0 Å². The van der Waals surface area contributed by atoms with Crippen LogP contribution < -0.4 is 0 Å². The van der Waals surface area contributed by atoms with Crippen LogP contribution in [0.1, 0.15) is 0 Å². The Balaban J connectivity index is 0. The summed E-state index contributed by atoms with van der Waals surface area (Å²) in [6.07, 6.45) is 0. The van der Waals surface area contributed by atoms with Crippen LogP contribution in [0.3, 0.4) is 0 Å². The number of rotatable bonds is 0. The van der Waals surface area contributed by atoms with Gasteiger partial charge in [0.05, 0.1) is 0 Å². The summed E-state index contributed by atoms with van der Waals surface area (Å²) in [5.41, 5.74) is 0. The first-order valence-corrected chi connectivity index (χ1v) is 0. The molecule has 0 saturated heterocycles. The Morgan fingerprint density at radius 3 is 0.500 bits per heavy atom. The predicted octanol–water partition coefficient (Wildman–Crippen LogP) is -0.0100. The van der Waals surface area contributed by atoms with Crippen LogP contribution >= 0.6 is 0 Å². The predicted molar refractivity (Wildman–Crippen MR) is 0 cm³/mol. The fourth-order valence-corrected chi connectivity index (χ4v) is 0. The first kappa shape index (κ1) is 34.9. The molecular formula is Cu3Zn. The molecule has 4 heteroatoms. The Morgan fingerprint density at radius 2 is 0.500 bits per heavy atom. The Hall–Kier alpha value is 2.18. The summed E-state index contributed by atoms with van der Waals surface area (Å²) < 4.78 is 0. The van der Waals surface area contributed by atoms with Crippen LogP contribution in [-0.4, -0.2) is 0 Å². The van der Waals surface area contributed by atoms with E-state index in [0.29, 0.717) is 0 Å². The summed E-state index contributed by atoms with van der Waals surface area (Å²) in [6, 6.07) is 0. The van der Waals surface area contributed by atoms with Crippen LogP contribution in [0.5, 0.6) is 0 Å². The maximum Gasteiger partial charge on any atom is 0 e. The van der Waals surface area contributed by atoms with E-state index < -0.39 is 0 Å². The van der Waals surface area contributed by atoms with Gasteiger partial charge < -0.3 is 0 Å². The zero-order valence-electron chi connectivity index (χ0n) is 1.61. The van der Waals surface area contributed by atoms with Gasteiger partial charge in [0.15, 0.2) is 0 Å². The van der Waals surface area contributed by atoms with E-state index in [9.17, 15) is 0 Å². The topological polar surface area (TPSA) is 0 Å². The van der Waals surface area contributed by atoms with Crippen molar-refractivity contribution in [3.8, 4) is 0 Å². The first-order valence-electron chi connectivity index (χ1n) is 0. The van der Waals surface area contributed by atoms with Crippen molar-refractivity contribution < 1.29 is 70.7 Å². The smallest absolute Gasteiger partial charge is 0 e. The molecule has 0 unspecified atom stereocenters. The minimum atomic E-state index is 0. The van der Waals surface area contributed by atoms with Gasteiger partial charge in [-0.3, -0.25) is 0 Å². The number of hydrogen-bond acceptors (Lipinski definition) is 0. The molecule has 0 heterocycles. The fourth-order valence-electron chi connectivity index (χ4n) is 0. The third kappa shape index (κ3) is 8.89. The molecule has 0 bridgehead atoms. The molecule has 0 aromatic rings. The van der Waals surface area contributed by atoms with Gasteiger partial charge in [0.25, 0.3) is 0 Å². The van der Waals surface area contributed by atoms with Crippen molar-refractivity contribution in [1.82, 2.24) is 0 Å². The molecule has 0 spiro atoms. The van der Waals surface area contributed by atoms with Crippen molar-refractivity contribution in [2.75, 3.05) is 0 Å². The van der Waals surface area contributed by atoms with Crippen molar-refractivity contribution in [1.29, 1.82) is 0 Å². The van der Waals surface area contributed by atoms with Gasteiger partial charge in [0.1, 0.15) is 0 Å². The van der Waals surface area contributed by atoms with Crippen LogP contribution in [-0.2, 0) is 70.7 Å². The molecule has 0 nitrogen and oxygen atoms in total. The average Bonchev–Trinajstić information content (AvgIpc) is 0. The van der Waals surface area contributed by atoms with Crippen molar-refractivity contribution in [2.45, 2.75) is 0 Å². The minimum Gasteiger partial charge on any atom is 0 e. The standard InChI is InChI=1S/3Cu.Zn. The Bertz CT molecular complexity index is 3.25. The zero-order chi connectivity index (χ0) is 0. The second kappa shape index (κ2) is 19.0. The van der Waals surface area contributed by atoms with Crippen LogP contribution in [0.4, 0.5) is 0 Å². The zero-order valence-corrected chi connectivity index (χ0v) is 7.40. The normalized spacial score (nSPS) is 0. The Kier molecular flexibility index (Phi) is 166. The van der Waals surface area contributed by atoms with Gasteiger partial charge in [-0.1, -0.05) is 0 Å². The molecule has 0 saturated carbocycles. The Labute approximate surface area is 70.0 Å². The number of hydrogen-bond donors (Lipinski definition) is 0. The Morgan fingerprint density at radius 1 is 0.500 bits per heavy atom. The maximum atomic E-state index is 0. The van der Waals surface area contributed by atoms with Gasteiger partial charge in [0.2, 0.25) is 0 Å². The van der Waals surface area contributed by atoms with E-state index in [2.05, 4.69) is 0 Å². The third-order valence-electron chi connectivity index (χ3n) is 0. The van der Waals surface area contributed by atoms with E-state index in [1.165, 1.54) is 0 Å². The third-order valence-corrected chi connectivity index (χ3v) is 0. The molecule has 35 valence electrons. The summed E-state index contributed by atoms with van der Waals surface area (Å²) in [4.78, 5) is 0. The SMILES string of the molecule is [Cu].[Cu].[Cu].[Zn]. The van der Waals surface area contributed by atoms with E-state index in [0.717, 1.165) is 0 Å². The average molecular weight is 256 g/mol. The summed E-state index contributed by atoms with van der Waals surface area (Å²) in [7, 11) is 0. The quantitative estimate of drug-likeness (QED) is 0.535. The molecule has 0 amide bonds. The van der Waals surface area contributed by atoms with Crippen molar-refractivity contribution >= 4 is 0 Å². The molecule has 3 radical (unpaired) electrons. The van der Waals surface area contributed by atoms with Crippen molar-refractivity contribution in [3.05, 3.63) is 0 Å². The minimum absolute atomic E-state index is 0. The van der Waals surface area contributed by atoms with Crippen molar-refractivity contribution in [3.63, 3.8) is 0 Å². The second-order valence-electron chi connectivity index (χ2n) is 0. The molecule has 0 fully saturated rings. The van der Waals surface area contributed by atoms with Gasteiger partial charge in [0, 0.05) is 70.7 Å². The molecule has 0 atom stereocenters. The summed E-state index contributed by atoms with van der Waals surface area (Å²) in [5, 5.41) is 0. The largest absolute Gasteiger partial charge is 0 e. The molecule has 0 rings (SSSR count). The maximum absolute atomic E-state index is 0. The van der Waals surface area contributed by atoms with Crippen molar-refractivity contribution in [2.24, 2.45) is 0 Å². The molecule has 0 aliphatic heterocycles. The fraction of sp³-hybridized carbons (Fsp3) is 0. The van der Waals surface area contributed by atoms with Crippen LogP contribution in [0, 0.1) is 0 Å². The van der Waals surface area contributed by atoms with E-state index in [1.807, 2.05) is 0 Å². The molecule has 0 aromatic carbocycles. The first-order chi connectivity index (χ1) is 0. The molecule has 0 aromatic heterocycles. The van der Waals surface area contributed by atoms with Gasteiger partial charge >= 0.3 is 0 Å². The van der Waals surface area contributed by atoms with E-state index >= 15 is 0 Å². The van der Waals surface area contributed by atoms with Gasteiger partial charge in [-0.2, -0.15) is 0 Å². The summed E-state index contributed by atoms with van der Waals surface area (Å²) in [6.45, 7) is 0. The second-order valence-corrected chi connectivity index (χ2v) is 0. The van der Waals surface area contributed by atoms with E-state index in [1.54, 1.807) is 0 Å². The van der Waals surface area contributed by atoms with Crippen LogP contribution in [0.15, 0.2) is 0 Å². The molecule has 0 aliphatic rings. The molecule has 0 N–H and O–H groups in total. The molecule has 4 heavy (non-hydrogen) atoms. The molecule has 0 aliphatic carbocycles. The summed E-state index contributed by atoms with van der Waals surface area (Å²) >= 11 is 0. The van der Waals surface area contributed by atoms with E-state index in [-0.39, 0.29) is 70.7 Å². The monoisotopic (exact) mass is 253 g/mol. The molecular weight excluding hydrogens is 256 g/mol. The summed E-state index contributed by atoms with van der Waals surface area (Å²) in [5.74, 6) is 0. The van der Waals surface area contributed by atoms with Gasteiger partial charge in [-0.25, -0.2) is 0 Å². The van der Waals surface area contributed by atoms with Crippen LogP contribution in [0.2, 0.25) is 0 Å². The van der Waals surface area contributed by atoms with Gasteiger partial charge in [-0.15, -0.1) is 0 Å².